The summed E-state index contributed by atoms with van der Waals surface area (Å²) >= 11 is 6.11. The number of carbonyl (C=O) groups excluding carboxylic acids is 1. The SMILES string of the molecule is Cc1ncccc1C(=O)N1CCOc2c(O)cc(-c3cccc(Cl)c3)cc2C1. The number of benzene rings is 2. The van der Waals surface area contributed by atoms with E-state index in [2.05, 4.69) is 4.98 Å². The van der Waals surface area contributed by atoms with Crippen LogP contribution in [0.15, 0.2) is 54.7 Å². The zero-order valence-corrected chi connectivity index (χ0v) is 16.1. The first-order valence-electron chi connectivity index (χ1n) is 8.98. The number of amides is 1. The molecule has 1 N–H and O–H groups in total. The molecule has 2 heterocycles. The van der Waals surface area contributed by atoms with Crippen molar-refractivity contribution >= 4 is 17.5 Å². The van der Waals surface area contributed by atoms with Crippen molar-refractivity contribution in [3.8, 4) is 22.6 Å². The Bertz CT molecular complexity index is 1050. The zero-order valence-electron chi connectivity index (χ0n) is 15.4. The Labute approximate surface area is 168 Å². The molecule has 1 amide bonds. The number of hydrogen-bond acceptors (Lipinski definition) is 4. The molecule has 0 bridgehead atoms. The van der Waals surface area contributed by atoms with Crippen LogP contribution in [0.4, 0.5) is 0 Å². The summed E-state index contributed by atoms with van der Waals surface area (Å²) in [6.45, 7) is 2.89. The highest BCUT2D eigenvalue weighted by molar-refractivity contribution is 6.30. The van der Waals surface area contributed by atoms with Crippen molar-refractivity contribution in [3.63, 3.8) is 0 Å². The molecular weight excluding hydrogens is 376 g/mol. The van der Waals surface area contributed by atoms with Gasteiger partial charge in [-0.3, -0.25) is 9.78 Å². The first-order valence-corrected chi connectivity index (χ1v) is 9.36. The van der Waals surface area contributed by atoms with E-state index in [9.17, 15) is 9.90 Å². The minimum absolute atomic E-state index is 0.0549. The van der Waals surface area contributed by atoms with E-state index >= 15 is 0 Å². The van der Waals surface area contributed by atoms with Gasteiger partial charge < -0.3 is 14.7 Å². The van der Waals surface area contributed by atoms with Crippen LogP contribution < -0.4 is 4.74 Å². The van der Waals surface area contributed by atoms with Gasteiger partial charge in [0.2, 0.25) is 0 Å². The average Bonchev–Trinajstić information content (AvgIpc) is 2.91. The number of carbonyl (C=O) groups is 1. The van der Waals surface area contributed by atoms with Crippen LogP contribution in [0.1, 0.15) is 21.6 Å². The van der Waals surface area contributed by atoms with Gasteiger partial charge in [0.1, 0.15) is 6.61 Å². The van der Waals surface area contributed by atoms with E-state index in [4.69, 9.17) is 16.3 Å². The zero-order chi connectivity index (χ0) is 19.7. The molecule has 1 aliphatic heterocycles. The number of rotatable bonds is 2. The molecule has 142 valence electrons. The molecule has 4 rings (SSSR count). The standard InChI is InChI=1S/C22H19ClN2O3/c1-14-19(6-3-7-24-14)22(27)25-8-9-28-21-17(13-25)10-16(12-20(21)26)15-4-2-5-18(23)11-15/h2-7,10-12,26H,8-9,13H2,1H3. The number of phenolic OH excluding ortho intramolecular Hbond substituents is 1. The molecule has 3 aromatic rings. The van der Waals surface area contributed by atoms with Crippen molar-refractivity contribution < 1.29 is 14.6 Å². The van der Waals surface area contributed by atoms with Crippen LogP contribution in [-0.2, 0) is 6.54 Å². The van der Waals surface area contributed by atoms with Crippen molar-refractivity contribution in [2.75, 3.05) is 13.2 Å². The normalized spacial score (nSPS) is 13.4. The number of halogens is 1. The van der Waals surface area contributed by atoms with Gasteiger partial charge in [-0.1, -0.05) is 23.7 Å². The molecule has 28 heavy (non-hydrogen) atoms. The maximum Gasteiger partial charge on any atom is 0.256 e. The van der Waals surface area contributed by atoms with E-state index in [-0.39, 0.29) is 11.7 Å². The largest absolute Gasteiger partial charge is 0.504 e. The fourth-order valence-electron chi connectivity index (χ4n) is 3.39. The molecule has 0 aliphatic carbocycles. The molecule has 0 saturated carbocycles. The Morgan fingerprint density at radius 3 is 2.82 bits per heavy atom. The van der Waals surface area contributed by atoms with Crippen LogP contribution in [-0.4, -0.2) is 34.0 Å². The predicted octanol–water partition coefficient (Wildman–Crippen LogP) is 4.45. The van der Waals surface area contributed by atoms with Crippen LogP contribution >= 0.6 is 11.6 Å². The molecule has 2 aromatic carbocycles. The Hall–Kier alpha value is -3.05. The van der Waals surface area contributed by atoms with Gasteiger partial charge in [0.05, 0.1) is 12.1 Å². The first kappa shape index (κ1) is 18.3. The van der Waals surface area contributed by atoms with Crippen molar-refractivity contribution in [2.24, 2.45) is 0 Å². The van der Waals surface area contributed by atoms with Gasteiger partial charge in [-0.05, 0) is 54.4 Å². The van der Waals surface area contributed by atoms with Crippen LogP contribution in [0.2, 0.25) is 5.02 Å². The molecule has 1 aliphatic rings. The van der Waals surface area contributed by atoms with Gasteiger partial charge in [-0.2, -0.15) is 0 Å². The van der Waals surface area contributed by atoms with E-state index in [0.717, 1.165) is 16.7 Å². The van der Waals surface area contributed by atoms with Crippen LogP contribution in [0.3, 0.4) is 0 Å². The topological polar surface area (TPSA) is 62.7 Å². The number of nitrogens with zero attached hydrogens (tertiary/aromatic N) is 2. The highest BCUT2D eigenvalue weighted by Gasteiger charge is 2.24. The lowest BCUT2D eigenvalue weighted by Gasteiger charge is -2.21. The first-order chi connectivity index (χ1) is 13.5. The van der Waals surface area contributed by atoms with E-state index < -0.39 is 0 Å². The molecule has 0 spiro atoms. The van der Waals surface area contributed by atoms with E-state index in [1.54, 1.807) is 35.4 Å². The summed E-state index contributed by atoms with van der Waals surface area (Å²) in [4.78, 5) is 18.9. The second-order valence-electron chi connectivity index (χ2n) is 6.71. The Morgan fingerprint density at radius 2 is 2.04 bits per heavy atom. The summed E-state index contributed by atoms with van der Waals surface area (Å²) in [6.07, 6.45) is 1.67. The smallest absolute Gasteiger partial charge is 0.256 e. The minimum atomic E-state index is -0.102. The van der Waals surface area contributed by atoms with E-state index in [1.165, 1.54) is 0 Å². The number of aryl methyl sites for hydroxylation is 1. The fourth-order valence-corrected chi connectivity index (χ4v) is 3.58. The molecule has 5 nitrogen and oxygen atoms in total. The molecule has 0 saturated heterocycles. The number of pyridine rings is 1. The summed E-state index contributed by atoms with van der Waals surface area (Å²) in [7, 11) is 0. The Kier molecular flexibility index (Phi) is 4.92. The number of aromatic hydroxyl groups is 1. The van der Waals surface area contributed by atoms with Gasteiger partial charge in [-0.25, -0.2) is 0 Å². The summed E-state index contributed by atoms with van der Waals surface area (Å²) in [5, 5.41) is 11.1. The van der Waals surface area contributed by atoms with Crippen LogP contribution in [0, 0.1) is 6.92 Å². The maximum atomic E-state index is 13.0. The monoisotopic (exact) mass is 394 g/mol. The van der Waals surface area contributed by atoms with Gasteiger partial charge in [0, 0.05) is 29.0 Å². The number of fused-ring (bicyclic) bond motifs is 1. The summed E-state index contributed by atoms with van der Waals surface area (Å²) < 4.78 is 5.75. The quantitative estimate of drug-likeness (QED) is 0.697. The molecular formula is C22H19ClN2O3. The second-order valence-corrected chi connectivity index (χ2v) is 7.14. The Balaban J connectivity index is 1.71. The van der Waals surface area contributed by atoms with Crippen molar-refractivity contribution in [1.82, 2.24) is 9.88 Å². The molecule has 1 aromatic heterocycles. The average molecular weight is 395 g/mol. The van der Waals surface area contributed by atoms with Gasteiger partial charge in [0.15, 0.2) is 11.5 Å². The third-order valence-corrected chi connectivity index (χ3v) is 5.03. The van der Waals surface area contributed by atoms with Gasteiger partial charge in [-0.15, -0.1) is 0 Å². The van der Waals surface area contributed by atoms with E-state index in [1.807, 2.05) is 31.2 Å². The molecule has 6 heteroatoms. The fraction of sp³-hybridized carbons (Fsp3) is 0.182. The number of ether oxygens (including phenoxy) is 1. The van der Waals surface area contributed by atoms with Gasteiger partial charge in [0.25, 0.3) is 5.91 Å². The van der Waals surface area contributed by atoms with Crippen molar-refractivity contribution in [1.29, 1.82) is 0 Å². The van der Waals surface area contributed by atoms with Crippen molar-refractivity contribution in [2.45, 2.75) is 13.5 Å². The predicted molar refractivity (Wildman–Crippen MR) is 108 cm³/mol. The summed E-state index contributed by atoms with van der Waals surface area (Å²) in [5.41, 5.74) is 3.71. The number of phenols is 1. The summed E-state index contributed by atoms with van der Waals surface area (Å²) in [6, 6.07) is 14.5. The highest BCUT2D eigenvalue weighted by atomic mass is 35.5. The third kappa shape index (κ3) is 3.53. The third-order valence-electron chi connectivity index (χ3n) is 4.80. The molecule has 0 fully saturated rings. The van der Waals surface area contributed by atoms with Crippen molar-refractivity contribution in [3.05, 3.63) is 76.6 Å². The van der Waals surface area contributed by atoms with E-state index in [0.29, 0.717) is 41.7 Å². The lowest BCUT2D eigenvalue weighted by molar-refractivity contribution is 0.0732. The molecule has 0 unspecified atom stereocenters. The second kappa shape index (κ2) is 7.52. The van der Waals surface area contributed by atoms with Crippen LogP contribution in [0.25, 0.3) is 11.1 Å². The molecule has 0 atom stereocenters. The maximum absolute atomic E-state index is 13.0. The summed E-state index contributed by atoms with van der Waals surface area (Å²) in [5.74, 6) is 0.373. The lowest BCUT2D eigenvalue weighted by Crippen LogP contribution is -2.33. The highest BCUT2D eigenvalue weighted by Crippen LogP contribution is 2.38. The minimum Gasteiger partial charge on any atom is -0.504 e. The van der Waals surface area contributed by atoms with Crippen LogP contribution in [0.5, 0.6) is 11.5 Å². The Morgan fingerprint density at radius 1 is 1.18 bits per heavy atom. The number of hydrogen-bond donors (Lipinski definition) is 1. The lowest BCUT2D eigenvalue weighted by atomic mass is 10.0. The molecule has 0 radical (unpaired) electrons. The number of aromatic nitrogens is 1. The van der Waals surface area contributed by atoms with Gasteiger partial charge >= 0.3 is 0 Å².